The zero-order valence-corrected chi connectivity index (χ0v) is 50.3. The number of amides is 8. The summed E-state index contributed by atoms with van der Waals surface area (Å²) in [5.74, 6) is -3.33. The lowest BCUT2D eigenvalue weighted by Crippen LogP contribution is -2.55. The quantitative estimate of drug-likeness (QED) is 0.0261. The Balaban J connectivity index is 0.983. The van der Waals surface area contributed by atoms with Gasteiger partial charge >= 0.3 is 18.2 Å². The lowest BCUT2D eigenvalue weighted by molar-refractivity contribution is -0.139. The van der Waals surface area contributed by atoms with Gasteiger partial charge in [-0.15, -0.1) is 11.6 Å². The number of nitrogens with zero attached hydrogens (tertiary/aromatic N) is 4. The molecule has 0 saturated heterocycles. The third-order valence-electron chi connectivity index (χ3n) is 13.9. The van der Waals surface area contributed by atoms with Gasteiger partial charge in [-0.25, -0.2) is 9.59 Å². The second-order valence-corrected chi connectivity index (χ2v) is 22.5. The molecule has 0 saturated carbocycles. The summed E-state index contributed by atoms with van der Waals surface area (Å²) in [5, 5.41) is 24.2. The van der Waals surface area contributed by atoms with Crippen LogP contribution in [0.5, 0.6) is 11.5 Å². The number of halogens is 1. The third-order valence-corrected chi connectivity index (χ3v) is 14.3. The molecule has 0 unspecified atom stereocenters. The molecule has 24 heteroatoms. The van der Waals surface area contributed by atoms with Crippen LogP contribution in [0, 0.1) is 11.8 Å². The van der Waals surface area contributed by atoms with Gasteiger partial charge in [-0.2, -0.15) is 0 Å². The zero-order valence-electron chi connectivity index (χ0n) is 49.6. The molecule has 1 aliphatic heterocycles. The molecule has 0 spiro atoms. The van der Waals surface area contributed by atoms with Gasteiger partial charge in [0.05, 0.1) is 12.1 Å². The van der Waals surface area contributed by atoms with Gasteiger partial charge in [0.15, 0.2) is 5.76 Å². The third kappa shape index (κ3) is 19.0. The van der Waals surface area contributed by atoms with Gasteiger partial charge in [0.25, 0.3) is 5.91 Å². The van der Waals surface area contributed by atoms with Crippen molar-refractivity contribution in [3.63, 3.8) is 0 Å². The molecule has 0 bridgehead atoms. The van der Waals surface area contributed by atoms with Gasteiger partial charge < -0.3 is 69.9 Å². The average Bonchev–Trinajstić information content (AvgIpc) is 2.54. The number of ether oxygens (including phenoxy) is 3. The smallest absolute Gasteiger partial charge is 0.415 e. The number of likely N-dealkylation sites (N-methyl/N-ethyl adjacent to an activating group) is 3. The Labute approximate surface area is 499 Å². The number of aliphatic carboxylic acids is 1. The molecule has 23 nitrogen and oxygen atoms in total. The van der Waals surface area contributed by atoms with Crippen molar-refractivity contribution in [3.8, 4) is 11.5 Å². The van der Waals surface area contributed by atoms with E-state index in [0.717, 1.165) is 17.5 Å². The number of carbonyl (C=O) groups excluding carboxylic acids is 8. The fourth-order valence-electron chi connectivity index (χ4n) is 9.31. The maximum atomic E-state index is 14.3. The Kier molecular flexibility index (Phi) is 23.9. The Hall–Kier alpha value is -8.44. The zero-order chi connectivity index (χ0) is 62.1. The standard InChI is InChI=1S/C61H78ClN9O14/c1-36(2)28-46(66-53(73)22-23-63-52(72)20-21-54(74)75)57(77)64-38(5)56(76)67-47(29-37(3)4)58(78)65-42-16-14-39(15-17-42)35-83-60(80)69(8)24-25-70(9)61(81)85-50-32-48-55(45-13-11-10-12-44(45)50)41(33-62)34-71(48)59(79)51-31-40-30-43(18-19-49(40)84-51)82-27-26-68(6)7/h10-19,30-32,36-38,41,46-47H,20-29,33-35H2,1-9H3,(H,63,72)(H,64,77)(H,65,78)(H,66,73)(H,67,76)(H,74,75)/t38-,41+,46-,47-/m0/s1. The fourth-order valence-corrected chi connectivity index (χ4v) is 9.56. The molecular formula is C61H78ClN9O14. The predicted molar refractivity (Wildman–Crippen MR) is 321 cm³/mol. The first-order valence-electron chi connectivity index (χ1n) is 28.2. The van der Waals surface area contributed by atoms with Gasteiger partial charge in [0.2, 0.25) is 29.5 Å². The summed E-state index contributed by atoms with van der Waals surface area (Å²) >= 11 is 6.55. The Bertz CT molecular complexity index is 3200. The first-order valence-corrected chi connectivity index (χ1v) is 28.8. The van der Waals surface area contributed by atoms with Crippen LogP contribution in [0.25, 0.3) is 21.7 Å². The largest absolute Gasteiger partial charge is 0.492 e. The molecule has 0 aliphatic carbocycles. The number of anilines is 2. The van der Waals surface area contributed by atoms with Crippen molar-refractivity contribution in [2.24, 2.45) is 11.8 Å². The first-order chi connectivity index (χ1) is 40.4. The molecule has 4 atom stereocenters. The van der Waals surface area contributed by atoms with Crippen LogP contribution in [0.4, 0.5) is 21.0 Å². The van der Waals surface area contributed by atoms with Crippen LogP contribution < -0.4 is 41.0 Å². The second-order valence-electron chi connectivity index (χ2n) is 22.2. The van der Waals surface area contributed by atoms with Crippen LogP contribution in [0.15, 0.2) is 83.3 Å². The summed E-state index contributed by atoms with van der Waals surface area (Å²) in [6.07, 6.45) is -1.59. The monoisotopic (exact) mass is 1200 g/mol. The highest BCUT2D eigenvalue weighted by atomic mass is 35.5. The van der Waals surface area contributed by atoms with E-state index in [4.69, 9.17) is 35.3 Å². The number of nitrogens with one attached hydrogen (secondary N) is 5. The van der Waals surface area contributed by atoms with Gasteiger partial charge in [-0.1, -0.05) is 64.1 Å². The Morgan fingerprint density at radius 2 is 1.38 bits per heavy atom. The van der Waals surface area contributed by atoms with E-state index >= 15 is 0 Å². The van der Waals surface area contributed by atoms with Crippen molar-refractivity contribution in [3.05, 3.63) is 95.7 Å². The number of rotatable bonds is 29. The van der Waals surface area contributed by atoms with E-state index < -0.39 is 65.8 Å². The number of hydrogen-bond donors (Lipinski definition) is 6. The number of furan rings is 1. The lowest BCUT2D eigenvalue weighted by atomic mass is 9.95. The summed E-state index contributed by atoms with van der Waals surface area (Å²) in [7, 11) is 7.00. The lowest BCUT2D eigenvalue weighted by Gasteiger charge is -2.25. The summed E-state index contributed by atoms with van der Waals surface area (Å²) in [6.45, 7) is 10.4. The normalized spacial score (nSPS) is 13.8. The van der Waals surface area contributed by atoms with E-state index in [0.29, 0.717) is 45.7 Å². The van der Waals surface area contributed by atoms with E-state index in [-0.39, 0.29) is 106 Å². The molecule has 0 fully saturated rings. The van der Waals surface area contributed by atoms with Gasteiger partial charge in [-0.3, -0.25) is 33.6 Å². The predicted octanol–water partition coefficient (Wildman–Crippen LogP) is 7.08. The van der Waals surface area contributed by atoms with Crippen LogP contribution in [0.2, 0.25) is 0 Å². The average molecular weight is 1200 g/mol. The van der Waals surface area contributed by atoms with E-state index in [1.165, 1.54) is 30.8 Å². The van der Waals surface area contributed by atoms with E-state index in [9.17, 15) is 43.2 Å². The second kappa shape index (κ2) is 30.9. The summed E-state index contributed by atoms with van der Waals surface area (Å²) in [6, 6.07) is 19.7. The van der Waals surface area contributed by atoms with Crippen LogP contribution in [-0.4, -0.2) is 165 Å². The molecule has 4 aromatic carbocycles. The maximum absolute atomic E-state index is 14.3. The summed E-state index contributed by atoms with van der Waals surface area (Å²) in [4.78, 5) is 123. The van der Waals surface area contributed by atoms with Gasteiger partial charge in [-0.05, 0) is 98.6 Å². The van der Waals surface area contributed by atoms with Crippen LogP contribution in [-0.2, 0) is 40.1 Å². The van der Waals surface area contributed by atoms with Crippen molar-refractivity contribution in [1.29, 1.82) is 0 Å². The van der Waals surface area contributed by atoms with Crippen LogP contribution in [0.3, 0.4) is 0 Å². The van der Waals surface area contributed by atoms with Crippen molar-refractivity contribution < 1.29 is 66.9 Å². The number of fused-ring (bicyclic) bond motifs is 4. The molecule has 5 aromatic rings. The van der Waals surface area contributed by atoms with Crippen molar-refractivity contribution in [2.75, 3.05) is 83.6 Å². The first kappa shape index (κ1) is 65.7. The number of benzene rings is 4. The van der Waals surface area contributed by atoms with Gasteiger partial charge in [0.1, 0.15) is 48.4 Å². The van der Waals surface area contributed by atoms with Crippen LogP contribution in [0.1, 0.15) is 94.3 Å². The van der Waals surface area contributed by atoms with Gasteiger partial charge in [0, 0.05) is 94.0 Å². The number of carboxylic acid groups (broad SMARTS) is 1. The summed E-state index contributed by atoms with van der Waals surface area (Å²) < 4.78 is 23.5. The van der Waals surface area contributed by atoms with E-state index in [1.807, 2.05) is 77.0 Å². The fraction of sp³-hybridized carbons (Fsp3) is 0.459. The number of alkyl halides is 1. The minimum atomic E-state index is -1.12. The van der Waals surface area contributed by atoms with E-state index in [1.54, 1.807) is 53.4 Å². The topological polar surface area (TPSA) is 288 Å². The maximum Gasteiger partial charge on any atom is 0.415 e. The minimum Gasteiger partial charge on any atom is -0.492 e. The summed E-state index contributed by atoms with van der Waals surface area (Å²) in [5.41, 5.74) is 2.93. The molecule has 0 radical (unpaired) electrons. The van der Waals surface area contributed by atoms with E-state index in [2.05, 4.69) is 26.6 Å². The molecule has 85 heavy (non-hydrogen) atoms. The Morgan fingerprint density at radius 3 is 2.02 bits per heavy atom. The minimum absolute atomic E-state index is 0.0174. The molecule has 6 N–H and O–H groups in total. The number of carbonyl (C=O) groups is 9. The van der Waals surface area contributed by atoms with Crippen molar-refractivity contribution >= 4 is 98.3 Å². The van der Waals surface area contributed by atoms with Crippen molar-refractivity contribution in [2.45, 2.75) is 97.4 Å². The highest BCUT2D eigenvalue weighted by Gasteiger charge is 2.37. The highest BCUT2D eigenvalue weighted by Crippen LogP contribution is 2.46. The number of carboxylic acids is 1. The highest BCUT2D eigenvalue weighted by molar-refractivity contribution is 6.19. The van der Waals surface area contributed by atoms with Crippen LogP contribution >= 0.6 is 11.6 Å². The molecule has 8 amide bonds. The Morgan fingerprint density at radius 1 is 0.718 bits per heavy atom. The molecule has 2 heterocycles. The number of hydrogen-bond acceptors (Lipinski definition) is 14. The SMILES string of the molecule is CC(C)C[C@H](NC(=O)CCNC(=O)CCC(=O)O)C(=O)N[C@@H](C)C(=O)N[C@@H](CC(C)C)C(=O)Nc1ccc(COC(=O)N(C)CCN(C)C(=O)Oc2cc3c(c4ccccc24)[C@H](CCl)CN3C(=O)c2cc3cc(OCCN(C)C)ccc3o2)cc1. The molecular weight excluding hydrogens is 1120 g/mol. The van der Waals surface area contributed by atoms with Crippen molar-refractivity contribution in [1.82, 2.24) is 36.0 Å². The molecule has 458 valence electrons. The molecule has 6 rings (SSSR count). The molecule has 1 aliphatic rings. The molecule has 1 aromatic heterocycles.